The molecular weight excluding hydrogens is 280 g/mol. The van der Waals surface area contributed by atoms with Gasteiger partial charge < -0.3 is 0 Å². The predicted octanol–water partition coefficient (Wildman–Crippen LogP) is 5.26. The summed E-state index contributed by atoms with van der Waals surface area (Å²) in [5, 5.41) is 1.84. The largest absolute Gasteiger partial charge is 0.256 e. The highest BCUT2D eigenvalue weighted by molar-refractivity contribution is 6.30. The average molecular weight is 295 g/mol. The van der Waals surface area contributed by atoms with Gasteiger partial charge in [0.25, 0.3) is 0 Å². The third-order valence-corrected chi connectivity index (χ3v) is 3.63. The van der Waals surface area contributed by atoms with Gasteiger partial charge in [-0.3, -0.25) is 9.98 Å². The number of halogens is 1. The molecule has 0 atom stereocenters. The Morgan fingerprint density at radius 2 is 1.81 bits per heavy atom. The van der Waals surface area contributed by atoms with Crippen molar-refractivity contribution in [1.29, 1.82) is 0 Å². The number of aliphatic imine (C=N–C) groups is 1. The standard InChI is InChI=1S/C18H15ClN2/c1-12-4-3-5-17-14(10-13(2)21-18(12)17)11-20-16-8-6-15(19)7-9-16/h3-11H,1-2H3. The zero-order chi connectivity index (χ0) is 14.8. The number of pyridine rings is 1. The molecule has 0 bridgehead atoms. The summed E-state index contributed by atoms with van der Waals surface area (Å²) in [5.74, 6) is 0. The lowest BCUT2D eigenvalue weighted by atomic mass is 10.1. The van der Waals surface area contributed by atoms with Gasteiger partial charge >= 0.3 is 0 Å². The third-order valence-electron chi connectivity index (χ3n) is 3.38. The quantitative estimate of drug-likeness (QED) is 0.592. The van der Waals surface area contributed by atoms with E-state index in [4.69, 9.17) is 11.6 Å². The molecule has 0 unspecified atom stereocenters. The van der Waals surface area contributed by atoms with Gasteiger partial charge in [0.1, 0.15) is 0 Å². The number of nitrogens with zero attached hydrogens (tertiary/aromatic N) is 2. The van der Waals surface area contributed by atoms with Crippen molar-refractivity contribution in [2.24, 2.45) is 4.99 Å². The topological polar surface area (TPSA) is 25.2 Å². The summed E-state index contributed by atoms with van der Waals surface area (Å²) < 4.78 is 0. The van der Waals surface area contributed by atoms with Gasteiger partial charge in [-0.15, -0.1) is 0 Å². The van der Waals surface area contributed by atoms with Gasteiger partial charge in [-0.25, -0.2) is 0 Å². The van der Waals surface area contributed by atoms with Crippen LogP contribution in [0.2, 0.25) is 5.02 Å². The van der Waals surface area contributed by atoms with Gasteiger partial charge in [0, 0.05) is 27.9 Å². The first-order valence-electron chi connectivity index (χ1n) is 6.80. The maximum absolute atomic E-state index is 5.89. The second-order valence-electron chi connectivity index (χ2n) is 5.06. The van der Waals surface area contributed by atoms with Crippen LogP contribution in [0.5, 0.6) is 0 Å². The minimum atomic E-state index is 0.717. The second kappa shape index (κ2) is 5.66. The number of aromatic nitrogens is 1. The lowest BCUT2D eigenvalue weighted by molar-refractivity contribution is 1.24. The summed E-state index contributed by atoms with van der Waals surface area (Å²) in [6.45, 7) is 4.08. The molecule has 0 saturated carbocycles. The molecule has 3 aromatic rings. The number of benzene rings is 2. The van der Waals surface area contributed by atoms with E-state index in [2.05, 4.69) is 35.1 Å². The van der Waals surface area contributed by atoms with Crippen LogP contribution in [0.25, 0.3) is 10.9 Å². The molecule has 0 fully saturated rings. The summed E-state index contributed by atoms with van der Waals surface area (Å²) in [6.07, 6.45) is 1.89. The van der Waals surface area contributed by atoms with E-state index < -0.39 is 0 Å². The molecule has 21 heavy (non-hydrogen) atoms. The highest BCUT2D eigenvalue weighted by Gasteiger charge is 2.04. The Bertz CT molecular complexity index is 820. The molecule has 0 saturated heterocycles. The maximum Gasteiger partial charge on any atom is 0.0740 e. The first-order chi connectivity index (χ1) is 10.1. The van der Waals surface area contributed by atoms with E-state index in [-0.39, 0.29) is 0 Å². The van der Waals surface area contributed by atoms with Crippen molar-refractivity contribution >= 4 is 34.4 Å². The Morgan fingerprint density at radius 3 is 2.57 bits per heavy atom. The van der Waals surface area contributed by atoms with Gasteiger partial charge in [-0.1, -0.05) is 29.8 Å². The van der Waals surface area contributed by atoms with E-state index in [9.17, 15) is 0 Å². The molecule has 1 aromatic heterocycles. The third kappa shape index (κ3) is 2.96. The summed E-state index contributed by atoms with van der Waals surface area (Å²) in [7, 11) is 0. The van der Waals surface area contributed by atoms with Crippen LogP contribution >= 0.6 is 11.6 Å². The number of hydrogen-bond donors (Lipinski definition) is 0. The highest BCUT2D eigenvalue weighted by atomic mass is 35.5. The molecule has 2 aromatic carbocycles. The monoisotopic (exact) mass is 294 g/mol. The van der Waals surface area contributed by atoms with Crippen molar-refractivity contribution in [3.63, 3.8) is 0 Å². The minimum Gasteiger partial charge on any atom is -0.256 e. The average Bonchev–Trinajstić information content (AvgIpc) is 2.47. The summed E-state index contributed by atoms with van der Waals surface area (Å²) in [6, 6.07) is 15.8. The lowest BCUT2D eigenvalue weighted by Gasteiger charge is -2.06. The first-order valence-corrected chi connectivity index (χ1v) is 7.18. The number of hydrogen-bond acceptors (Lipinski definition) is 2. The van der Waals surface area contributed by atoms with Crippen LogP contribution in [0.3, 0.4) is 0 Å². The normalized spacial score (nSPS) is 11.4. The van der Waals surface area contributed by atoms with Crippen molar-refractivity contribution in [3.8, 4) is 0 Å². The number of rotatable bonds is 2. The highest BCUT2D eigenvalue weighted by Crippen LogP contribution is 2.21. The zero-order valence-electron chi connectivity index (χ0n) is 12.0. The molecule has 0 spiro atoms. The van der Waals surface area contributed by atoms with Gasteiger partial charge in [0.05, 0.1) is 11.2 Å². The molecule has 3 rings (SSSR count). The van der Waals surface area contributed by atoms with Gasteiger partial charge in [-0.2, -0.15) is 0 Å². The van der Waals surface area contributed by atoms with Crippen LogP contribution in [0.4, 0.5) is 5.69 Å². The first kappa shape index (κ1) is 13.8. The van der Waals surface area contributed by atoms with E-state index in [0.717, 1.165) is 32.9 Å². The van der Waals surface area contributed by atoms with Crippen molar-refractivity contribution in [3.05, 3.63) is 70.4 Å². The molecule has 1 heterocycles. The Hall–Kier alpha value is -2.19. The van der Waals surface area contributed by atoms with E-state index in [1.165, 1.54) is 5.56 Å². The van der Waals surface area contributed by atoms with Crippen LogP contribution in [0.15, 0.2) is 53.5 Å². The smallest absolute Gasteiger partial charge is 0.0740 e. The number of para-hydroxylation sites is 1. The van der Waals surface area contributed by atoms with Gasteiger partial charge in [-0.05, 0) is 49.7 Å². The van der Waals surface area contributed by atoms with Crippen molar-refractivity contribution in [2.75, 3.05) is 0 Å². The van der Waals surface area contributed by atoms with Crippen LogP contribution in [0, 0.1) is 13.8 Å². The Kier molecular flexibility index (Phi) is 3.72. The summed E-state index contributed by atoms with van der Waals surface area (Å²) in [5.41, 5.74) is 5.17. The molecule has 104 valence electrons. The molecule has 0 amide bonds. The van der Waals surface area contributed by atoms with Crippen LogP contribution in [-0.4, -0.2) is 11.2 Å². The Balaban J connectivity index is 2.08. The van der Waals surface area contributed by atoms with E-state index >= 15 is 0 Å². The molecule has 0 aliphatic rings. The lowest BCUT2D eigenvalue weighted by Crippen LogP contribution is -1.92. The fourth-order valence-electron chi connectivity index (χ4n) is 2.33. The fourth-order valence-corrected chi connectivity index (χ4v) is 2.46. The van der Waals surface area contributed by atoms with Crippen molar-refractivity contribution in [1.82, 2.24) is 4.98 Å². The van der Waals surface area contributed by atoms with E-state index in [1.807, 2.05) is 43.5 Å². The molecule has 0 radical (unpaired) electrons. The van der Waals surface area contributed by atoms with E-state index in [0.29, 0.717) is 0 Å². The van der Waals surface area contributed by atoms with Crippen LogP contribution < -0.4 is 0 Å². The molecule has 0 aliphatic heterocycles. The summed E-state index contributed by atoms with van der Waals surface area (Å²) in [4.78, 5) is 9.15. The molecule has 3 heteroatoms. The van der Waals surface area contributed by atoms with Crippen molar-refractivity contribution in [2.45, 2.75) is 13.8 Å². The van der Waals surface area contributed by atoms with Gasteiger partial charge in [0.15, 0.2) is 0 Å². The number of fused-ring (bicyclic) bond motifs is 1. The Morgan fingerprint density at radius 1 is 1.05 bits per heavy atom. The molecule has 2 nitrogen and oxygen atoms in total. The SMILES string of the molecule is Cc1cc(C=Nc2ccc(Cl)cc2)c2cccc(C)c2n1. The molecule has 0 N–H and O–H groups in total. The maximum atomic E-state index is 5.89. The molecule has 0 aliphatic carbocycles. The minimum absolute atomic E-state index is 0.717. The van der Waals surface area contributed by atoms with Crippen LogP contribution in [0.1, 0.15) is 16.8 Å². The van der Waals surface area contributed by atoms with Gasteiger partial charge in [0.2, 0.25) is 0 Å². The number of aryl methyl sites for hydroxylation is 2. The zero-order valence-corrected chi connectivity index (χ0v) is 12.7. The van der Waals surface area contributed by atoms with Crippen LogP contribution in [-0.2, 0) is 0 Å². The predicted molar refractivity (Wildman–Crippen MR) is 89.9 cm³/mol. The summed E-state index contributed by atoms with van der Waals surface area (Å²) >= 11 is 5.89. The van der Waals surface area contributed by atoms with Crippen molar-refractivity contribution < 1.29 is 0 Å². The second-order valence-corrected chi connectivity index (χ2v) is 5.49. The Labute approximate surface area is 129 Å². The molecular formula is C18H15ClN2. The fraction of sp³-hybridized carbons (Fsp3) is 0.111. The van der Waals surface area contributed by atoms with E-state index in [1.54, 1.807) is 0 Å².